The van der Waals surface area contributed by atoms with Gasteiger partial charge in [-0.2, -0.15) is 11.8 Å². The van der Waals surface area contributed by atoms with E-state index in [2.05, 4.69) is 44.8 Å². The third-order valence-corrected chi connectivity index (χ3v) is 6.01. The average Bonchev–Trinajstić information content (AvgIpc) is 2.56. The lowest BCUT2D eigenvalue weighted by Gasteiger charge is -2.25. The lowest BCUT2D eigenvalue weighted by Crippen LogP contribution is -2.26. The standard InChI is InChI=1S/C21H44N2O2S/c1-6-7-10-17-26-21(4,5)14-16-25-19(3)12-13-20(24)23-15-9-8-11-18(2)22/h18-19H,6-17,22H2,1-5H3,(H,23,24). The zero-order valence-corrected chi connectivity index (χ0v) is 18.8. The van der Waals surface area contributed by atoms with E-state index in [0.717, 1.165) is 45.3 Å². The van der Waals surface area contributed by atoms with Gasteiger partial charge in [0.1, 0.15) is 0 Å². The number of nitrogens with two attached hydrogens (primary N) is 1. The Morgan fingerprint density at radius 2 is 1.88 bits per heavy atom. The molecule has 0 aliphatic rings. The molecule has 0 aromatic heterocycles. The molecule has 0 aromatic carbocycles. The summed E-state index contributed by atoms with van der Waals surface area (Å²) in [5.41, 5.74) is 5.72. The van der Waals surface area contributed by atoms with Gasteiger partial charge in [0.15, 0.2) is 0 Å². The molecule has 5 heteroatoms. The van der Waals surface area contributed by atoms with E-state index in [1.54, 1.807) is 0 Å². The average molecular weight is 389 g/mol. The van der Waals surface area contributed by atoms with E-state index in [1.165, 1.54) is 25.0 Å². The van der Waals surface area contributed by atoms with E-state index in [0.29, 0.717) is 6.42 Å². The molecule has 0 aliphatic heterocycles. The largest absolute Gasteiger partial charge is 0.378 e. The van der Waals surface area contributed by atoms with Crippen molar-refractivity contribution in [1.82, 2.24) is 5.32 Å². The number of unbranched alkanes of at least 4 members (excludes halogenated alkanes) is 3. The van der Waals surface area contributed by atoms with Gasteiger partial charge in [-0.1, -0.05) is 40.0 Å². The van der Waals surface area contributed by atoms with Gasteiger partial charge in [0.25, 0.3) is 0 Å². The number of amides is 1. The highest BCUT2D eigenvalue weighted by atomic mass is 32.2. The van der Waals surface area contributed by atoms with Crippen molar-refractivity contribution in [2.45, 2.75) is 109 Å². The molecule has 0 aliphatic carbocycles. The zero-order valence-electron chi connectivity index (χ0n) is 17.9. The summed E-state index contributed by atoms with van der Waals surface area (Å²) in [6.45, 7) is 12.5. The SMILES string of the molecule is CCCCCSC(C)(C)CCOC(C)CCC(=O)NCCCCC(C)N. The molecule has 0 saturated heterocycles. The normalized spacial score (nSPS) is 14.2. The maximum atomic E-state index is 11.9. The molecule has 2 atom stereocenters. The van der Waals surface area contributed by atoms with E-state index in [9.17, 15) is 4.79 Å². The summed E-state index contributed by atoms with van der Waals surface area (Å²) < 4.78 is 6.19. The molecule has 4 nitrogen and oxygen atoms in total. The van der Waals surface area contributed by atoms with Crippen LogP contribution in [0.2, 0.25) is 0 Å². The highest BCUT2D eigenvalue weighted by Gasteiger charge is 2.18. The predicted molar refractivity (Wildman–Crippen MR) is 116 cm³/mol. The Hall–Kier alpha value is -0.260. The number of thioether (sulfide) groups is 1. The molecular formula is C21H44N2O2S. The van der Waals surface area contributed by atoms with Crippen LogP contribution >= 0.6 is 11.8 Å². The van der Waals surface area contributed by atoms with Gasteiger partial charge in [0.05, 0.1) is 6.10 Å². The Bertz CT molecular complexity index is 349. The van der Waals surface area contributed by atoms with E-state index in [1.807, 2.05) is 6.92 Å². The van der Waals surface area contributed by atoms with Gasteiger partial charge in [0, 0.05) is 30.4 Å². The maximum absolute atomic E-state index is 11.9. The van der Waals surface area contributed by atoms with Crippen molar-refractivity contribution in [3.63, 3.8) is 0 Å². The Balaban J connectivity index is 3.66. The Morgan fingerprint density at radius 1 is 1.15 bits per heavy atom. The molecule has 2 unspecified atom stereocenters. The third kappa shape index (κ3) is 17.2. The summed E-state index contributed by atoms with van der Waals surface area (Å²) in [6.07, 6.45) is 9.54. The van der Waals surface area contributed by atoms with Crippen molar-refractivity contribution in [2.24, 2.45) is 5.73 Å². The monoisotopic (exact) mass is 388 g/mol. The number of ether oxygens (including phenoxy) is 1. The van der Waals surface area contributed by atoms with Crippen LogP contribution in [-0.4, -0.2) is 41.7 Å². The molecule has 1 amide bonds. The molecular weight excluding hydrogens is 344 g/mol. The molecule has 0 heterocycles. The minimum absolute atomic E-state index is 0.132. The van der Waals surface area contributed by atoms with E-state index >= 15 is 0 Å². The second-order valence-electron chi connectivity index (χ2n) is 8.11. The topological polar surface area (TPSA) is 64.3 Å². The molecule has 0 fully saturated rings. The molecule has 156 valence electrons. The molecule has 0 aromatic rings. The lowest BCUT2D eigenvalue weighted by atomic mass is 10.1. The van der Waals surface area contributed by atoms with Crippen LogP contribution in [0.15, 0.2) is 0 Å². The summed E-state index contributed by atoms with van der Waals surface area (Å²) in [5, 5.41) is 2.99. The fraction of sp³-hybridized carbons (Fsp3) is 0.952. The molecule has 26 heavy (non-hydrogen) atoms. The number of nitrogens with one attached hydrogen (secondary N) is 1. The van der Waals surface area contributed by atoms with Crippen molar-refractivity contribution in [2.75, 3.05) is 18.9 Å². The Kier molecular flexibility index (Phi) is 15.6. The van der Waals surface area contributed by atoms with Crippen molar-refractivity contribution >= 4 is 17.7 Å². The van der Waals surface area contributed by atoms with Crippen LogP contribution < -0.4 is 11.1 Å². The highest BCUT2D eigenvalue weighted by Crippen LogP contribution is 2.29. The zero-order chi connectivity index (χ0) is 19.8. The van der Waals surface area contributed by atoms with Crippen molar-refractivity contribution in [1.29, 1.82) is 0 Å². The summed E-state index contributed by atoms with van der Waals surface area (Å²) in [4.78, 5) is 11.9. The summed E-state index contributed by atoms with van der Waals surface area (Å²) in [7, 11) is 0. The van der Waals surface area contributed by atoms with E-state index in [-0.39, 0.29) is 22.8 Å². The Morgan fingerprint density at radius 3 is 2.54 bits per heavy atom. The number of hydrogen-bond donors (Lipinski definition) is 2. The maximum Gasteiger partial charge on any atom is 0.220 e. The third-order valence-electron chi connectivity index (χ3n) is 4.53. The van der Waals surface area contributed by atoms with Crippen LogP contribution in [0.25, 0.3) is 0 Å². The van der Waals surface area contributed by atoms with Crippen molar-refractivity contribution in [3.05, 3.63) is 0 Å². The van der Waals surface area contributed by atoms with Crippen molar-refractivity contribution < 1.29 is 9.53 Å². The van der Waals surface area contributed by atoms with Crippen LogP contribution in [-0.2, 0) is 9.53 Å². The van der Waals surface area contributed by atoms with Crippen LogP contribution in [0.3, 0.4) is 0 Å². The molecule has 0 bridgehead atoms. The van der Waals surface area contributed by atoms with Gasteiger partial charge < -0.3 is 15.8 Å². The van der Waals surface area contributed by atoms with Gasteiger partial charge in [-0.25, -0.2) is 0 Å². The second-order valence-corrected chi connectivity index (χ2v) is 9.91. The Labute approximate surface area is 166 Å². The van der Waals surface area contributed by atoms with Gasteiger partial charge in [0.2, 0.25) is 5.91 Å². The molecule has 0 spiro atoms. The molecule has 0 radical (unpaired) electrons. The van der Waals surface area contributed by atoms with Gasteiger partial charge in [-0.15, -0.1) is 0 Å². The number of carbonyl (C=O) groups excluding carboxylic acids is 1. The number of carbonyl (C=O) groups is 1. The minimum atomic E-state index is 0.132. The first kappa shape index (κ1) is 25.7. The molecule has 0 rings (SSSR count). The van der Waals surface area contributed by atoms with Crippen LogP contribution in [0, 0.1) is 0 Å². The van der Waals surface area contributed by atoms with Crippen LogP contribution in [0.4, 0.5) is 0 Å². The highest BCUT2D eigenvalue weighted by molar-refractivity contribution is 8.00. The van der Waals surface area contributed by atoms with Crippen LogP contribution in [0.5, 0.6) is 0 Å². The van der Waals surface area contributed by atoms with Gasteiger partial charge in [-0.3, -0.25) is 4.79 Å². The van der Waals surface area contributed by atoms with Gasteiger partial charge >= 0.3 is 0 Å². The van der Waals surface area contributed by atoms with Gasteiger partial charge in [-0.05, 0) is 51.7 Å². The smallest absolute Gasteiger partial charge is 0.220 e. The predicted octanol–water partition coefficient (Wildman–Crippen LogP) is 4.90. The minimum Gasteiger partial charge on any atom is -0.378 e. The van der Waals surface area contributed by atoms with E-state index in [4.69, 9.17) is 10.5 Å². The molecule has 3 N–H and O–H groups in total. The molecule has 0 saturated carbocycles. The second kappa shape index (κ2) is 15.8. The van der Waals surface area contributed by atoms with Crippen LogP contribution in [0.1, 0.15) is 92.4 Å². The quantitative estimate of drug-likeness (QED) is 0.348. The number of rotatable bonds is 17. The first-order valence-electron chi connectivity index (χ1n) is 10.5. The first-order valence-corrected chi connectivity index (χ1v) is 11.5. The summed E-state index contributed by atoms with van der Waals surface area (Å²) >= 11 is 2.05. The van der Waals surface area contributed by atoms with E-state index < -0.39 is 0 Å². The fourth-order valence-corrected chi connectivity index (χ4v) is 3.73. The lowest BCUT2D eigenvalue weighted by molar-refractivity contribution is -0.121. The first-order chi connectivity index (χ1) is 12.3. The summed E-state index contributed by atoms with van der Waals surface area (Å²) in [5.74, 6) is 1.37. The number of hydrogen-bond acceptors (Lipinski definition) is 4. The fourth-order valence-electron chi connectivity index (χ4n) is 2.60. The summed E-state index contributed by atoms with van der Waals surface area (Å²) in [6, 6.07) is 0.253. The van der Waals surface area contributed by atoms with Crippen molar-refractivity contribution in [3.8, 4) is 0 Å².